The van der Waals surface area contributed by atoms with Crippen molar-refractivity contribution in [1.29, 1.82) is 0 Å². The SMILES string of the molecule is CC1=C(c2ccc(O)cc2)c2cc(-c3ccc(CN4CCN(C)CC4)cc3)cnc2C1.Cc1ccc(S(=O)(=O)n2c(C)c(-c3ccc(O)cc3)c3cc(-c4ccc(CN5CCN(C)CC5)cc4)cnc32)cc1.Cc1ccc(S(=O)(=O)n2c(C)c(-c3ccc(O)cc3)c3cc(Br)cnc32)cc1. The highest BCUT2D eigenvalue weighted by atomic mass is 79.9. The monoisotopic (exact) mass is 1430 g/mol. The normalized spacial score (nSPS) is 14.8. The lowest BCUT2D eigenvalue weighted by Gasteiger charge is -2.32. The van der Waals surface area contributed by atoms with Crippen molar-refractivity contribution in [2.24, 2.45) is 0 Å². The van der Waals surface area contributed by atoms with Crippen molar-refractivity contribution in [3.8, 4) is 61.8 Å². The first-order valence-electron chi connectivity index (χ1n) is 33.5. The highest BCUT2D eigenvalue weighted by molar-refractivity contribution is 9.10. The number of hydrogen-bond donors (Lipinski definition) is 3. The number of aryl methyl sites for hydroxylation is 2. The Morgan fingerprint density at radius 3 is 1.21 bits per heavy atom. The zero-order valence-electron chi connectivity index (χ0n) is 57.1. The summed E-state index contributed by atoms with van der Waals surface area (Å²) in [6.45, 7) is 20.4. The molecule has 3 N–H and O–H groups in total. The third kappa shape index (κ3) is 14.6. The molecule has 2 saturated heterocycles. The molecule has 7 heterocycles. The molecule has 100 heavy (non-hydrogen) atoms. The molecule has 19 heteroatoms. The van der Waals surface area contributed by atoms with Crippen LogP contribution in [-0.4, -0.2) is 141 Å². The van der Waals surface area contributed by atoms with Gasteiger partial charge in [0.2, 0.25) is 0 Å². The van der Waals surface area contributed by atoms with E-state index in [9.17, 15) is 32.2 Å². The van der Waals surface area contributed by atoms with Crippen molar-refractivity contribution in [2.45, 2.75) is 63.9 Å². The second-order valence-corrected chi connectivity index (χ2v) is 30.9. The van der Waals surface area contributed by atoms with E-state index in [1.807, 2.05) is 51.2 Å². The molecule has 0 bridgehead atoms. The number of piperazine rings is 2. The van der Waals surface area contributed by atoms with E-state index in [0.717, 1.165) is 143 Å². The van der Waals surface area contributed by atoms with E-state index < -0.39 is 20.0 Å². The lowest BCUT2D eigenvalue weighted by Crippen LogP contribution is -2.43. The largest absolute Gasteiger partial charge is 0.508 e. The first-order valence-corrected chi connectivity index (χ1v) is 37.1. The van der Waals surface area contributed by atoms with Gasteiger partial charge in [-0.1, -0.05) is 126 Å². The first-order chi connectivity index (χ1) is 48.1. The summed E-state index contributed by atoms with van der Waals surface area (Å²) in [5.74, 6) is 0.596. The van der Waals surface area contributed by atoms with E-state index in [1.165, 1.54) is 41.3 Å². The fourth-order valence-corrected chi connectivity index (χ4v) is 17.0. The number of rotatable bonds is 13. The molecule has 2 aliphatic heterocycles. The summed E-state index contributed by atoms with van der Waals surface area (Å²) in [5.41, 5.74) is 20.0. The van der Waals surface area contributed by atoms with Gasteiger partial charge >= 0.3 is 0 Å². The van der Waals surface area contributed by atoms with E-state index in [-0.39, 0.29) is 21.3 Å². The number of pyridine rings is 3. The molecule has 16 nitrogen and oxygen atoms in total. The van der Waals surface area contributed by atoms with E-state index in [4.69, 9.17) is 9.97 Å². The van der Waals surface area contributed by atoms with Crippen LogP contribution in [0, 0.1) is 27.7 Å². The van der Waals surface area contributed by atoms with Crippen LogP contribution in [0.3, 0.4) is 0 Å². The third-order valence-corrected chi connectivity index (χ3v) is 23.2. The third-order valence-electron chi connectivity index (χ3n) is 19.2. The minimum Gasteiger partial charge on any atom is -0.508 e. The molecule has 1 aliphatic carbocycles. The molecule has 510 valence electrons. The molecular weight excluding hydrogens is 1350 g/mol. The van der Waals surface area contributed by atoms with Crippen LogP contribution >= 0.6 is 15.9 Å². The number of hydrogen-bond acceptors (Lipinski definition) is 14. The van der Waals surface area contributed by atoms with Crippen LogP contribution in [0.5, 0.6) is 17.2 Å². The van der Waals surface area contributed by atoms with Crippen LogP contribution < -0.4 is 0 Å². The second kappa shape index (κ2) is 28.9. The molecule has 0 spiro atoms. The molecule has 0 atom stereocenters. The summed E-state index contributed by atoms with van der Waals surface area (Å²) in [4.78, 5) is 24.1. The minimum atomic E-state index is -3.91. The number of aromatic hydroxyl groups is 3. The average Bonchev–Trinajstić information content (AvgIpc) is 1.57. The maximum Gasteiger partial charge on any atom is 0.269 e. The van der Waals surface area contributed by atoms with Gasteiger partial charge in [0, 0.05) is 145 Å². The van der Waals surface area contributed by atoms with Gasteiger partial charge < -0.3 is 25.1 Å². The lowest BCUT2D eigenvalue weighted by molar-refractivity contribution is 0.148. The number of nitrogens with zero attached hydrogens (tertiary/aromatic N) is 9. The molecule has 0 unspecified atom stereocenters. The van der Waals surface area contributed by atoms with Crippen molar-refractivity contribution in [1.82, 2.24) is 42.5 Å². The first kappa shape index (κ1) is 68.9. The van der Waals surface area contributed by atoms with E-state index in [0.29, 0.717) is 33.8 Å². The number of likely N-dealkylation sites (N-methyl/N-ethyl adjacent to an activating group) is 2. The Balaban J connectivity index is 0.000000137. The number of allylic oxidation sites excluding steroid dienone is 1. The van der Waals surface area contributed by atoms with Crippen molar-refractivity contribution in [3.63, 3.8) is 0 Å². The Morgan fingerprint density at radius 2 is 0.780 bits per heavy atom. The maximum atomic E-state index is 13.9. The highest BCUT2D eigenvalue weighted by Gasteiger charge is 2.30. The van der Waals surface area contributed by atoms with Crippen molar-refractivity contribution < 1.29 is 32.2 Å². The van der Waals surface area contributed by atoms with Gasteiger partial charge in [0.15, 0.2) is 11.3 Å². The summed E-state index contributed by atoms with van der Waals surface area (Å²) in [6.07, 6.45) is 6.22. The predicted molar refractivity (Wildman–Crippen MR) is 403 cm³/mol. The number of phenols is 3. The molecular formula is C81H80BrN9O7S2. The molecule has 7 aromatic carbocycles. The molecule has 0 radical (unpaired) electrons. The summed E-state index contributed by atoms with van der Waals surface area (Å²) in [6, 6.07) is 58.3. The van der Waals surface area contributed by atoms with Crippen molar-refractivity contribution >= 4 is 63.6 Å². The van der Waals surface area contributed by atoms with Crippen LogP contribution in [0.4, 0.5) is 0 Å². The number of benzene rings is 7. The van der Waals surface area contributed by atoms with Gasteiger partial charge in [-0.2, -0.15) is 0 Å². The zero-order valence-corrected chi connectivity index (χ0v) is 60.3. The topological polar surface area (TPSA) is 190 Å². The van der Waals surface area contributed by atoms with Gasteiger partial charge in [-0.05, 0) is 188 Å². The standard InChI is InChI=1S/C33H34N4O3S.C27H29N3O.C21H17BrN2O3S/c1-23-4-14-30(15-5-23)41(39,40)37-24(2)32(27-10-12-29(38)13-11-27)31-20-28(21-34-33(31)37)26-8-6-25(7-9-26)22-36-18-16-35(3)17-19-36;1-19-15-26-25(27(19)22-7-9-24(31)10-8-22)16-23(17-28-26)21-5-3-20(4-6-21)18-30-13-11-29(2)12-14-30;1-13-3-9-18(10-4-13)28(26,27)24-14(2)20(15-5-7-17(25)8-6-15)19-11-16(22)12-23-21(19)24/h4-15,20-21,38H,16-19,22H2,1-3H3;3-10,16-17,31H,11-15,18H2,1-2H3;3-12,25H,1-2H3. The van der Waals surface area contributed by atoms with Crippen LogP contribution in [0.15, 0.2) is 226 Å². The average molecular weight is 1440 g/mol. The number of phenolic OH excluding ortho intramolecular Hbond substituents is 3. The molecule has 0 amide bonds. The zero-order chi connectivity index (χ0) is 70.1. The molecule has 15 rings (SSSR count). The Morgan fingerprint density at radius 1 is 0.410 bits per heavy atom. The fourth-order valence-electron chi connectivity index (χ4n) is 13.6. The number of halogens is 1. The highest BCUT2D eigenvalue weighted by Crippen LogP contribution is 2.42. The molecule has 2 fully saturated rings. The second-order valence-electron chi connectivity index (χ2n) is 26.4. The van der Waals surface area contributed by atoms with Crippen molar-refractivity contribution in [3.05, 3.63) is 267 Å². The van der Waals surface area contributed by atoms with Gasteiger partial charge in [-0.3, -0.25) is 14.8 Å². The smallest absolute Gasteiger partial charge is 0.269 e. The lowest BCUT2D eigenvalue weighted by atomic mass is 9.96. The van der Waals surface area contributed by atoms with Crippen LogP contribution in [0.25, 0.3) is 72.1 Å². The molecule has 5 aromatic heterocycles. The van der Waals surface area contributed by atoms with Gasteiger partial charge in [0.05, 0.1) is 15.5 Å². The van der Waals surface area contributed by atoms with Crippen LogP contribution in [-0.2, 0) is 39.6 Å². The molecule has 0 saturated carbocycles. The maximum absolute atomic E-state index is 13.9. The summed E-state index contributed by atoms with van der Waals surface area (Å²) < 4.78 is 58.1. The predicted octanol–water partition coefficient (Wildman–Crippen LogP) is 15.3. The van der Waals surface area contributed by atoms with Gasteiger partial charge in [-0.25, -0.2) is 34.7 Å². The van der Waals surface area contributed by atoms with Gasteiger partial charge in [0.25, 0.3) is 20.0 Å². The van der Waals surface area contributed by atoms with Gasteiger partial charge in [0.1, 0.15) is 17.2 Å². The summed E-state index contributed by atoms with van der Waals surface area (Å²) >= 11 is 3.43. The fraction of sp³-hybridized carbons (Fsp3) is 0.222. The summed E-state index contributed by atoms with van der Waals surface area (Å²) in [5, 5.41) is 30.6. The van der Waals surface area contributed by atoms with Crippen LogP contribution in [0.1, 0.15) is 57.4 Å². The van der Waals surface area contributed by atoms with Crippen LogP contribution in [0.2, 0.25) is 0 Å². The van der Waals surface area contributed by atoms with E-state index in [1.54, 1.807) is 129 Å². The van der Waals surface area contributed by atoms with E-state index in [2.05, 4.69) is 116 Å². The van der Waals surface area contributed by atoms with Crippen molar-refractivity contribution in [2.75, 3.05) is 66.5 Å². The summed E-state index contributed by atoms with van der Waals surface area (Å²) in [7, 11) is -3.38. The molecule has 3 aliphatic rings. The quantitative estimate of drug-likeness (QED) is 0.0988. The van der Waals surface area contributed by atoms with Gasteiger partial charge in [-0.15, -0.1) is 0 Å². The Bertz CT molecular complexity index is 5240. The van der Waals surface area contributed by atoms with E-state index >= 15 is 0 Å². The number of aromatic nitrogens is 5. The molecule has 12 aromatic rings. The minimum absolute atomic E-state index is 0.150. The Kier molecular flexibility index (Phi) is 20.0. The Labute approximate surface area is 593 Å². The Hall–Kier alpha value is -9.57. The number of fused-ring (bicyclic) bond motifs is 3.